The summed E-state index contributed by atoms with van der Waals surface area (Å²) in [6.45, 7) is 3.89. The van der Waals surface area contributed by atoms with Crippen molar-refractivity contribution in [2.45, 2.75) is 6.42 Å². The van der Waals surface area contributed by atoms with Crippen LogP contribution < -0.4 is 5.32 Å². The number of benzene rings is 1. The minimum atomic E-state index is -0.636. The van der Waals surface area contributed by atoms with Crippen molar-refractivity contribution < 1.29 is 9.72 Å². The second-order valence-corrected chi connectivity index (χ2v) is 4.16. The molecule has 7 heteroatoms. The van der Waals surface area contributed by atoms with E-state index < -0.39 is 10.8 Å². The van der Waals surface area contributed by atoms with Gasteiger partial charge in [-0.3, -0.25) is 14.9 Å². The van der Waals surface area contributed by atoms with Gasteiger partial charge in [0.25, 0.3) is 11.6 Å². The van der Waals surface area contributed by atoms with E-state index in [2.05, 4.69) is 11.9 Å². The highest BCUT2D eigenvalue weighted by Gasteiger charge is 2.18. The van der Waals surface area contributed by atoms with Crippen molar-refractivity contribution in [1.29, 1.82) is 0 Å². The SMILES string of the molecule is C=CCCNC(=O)c1cc([N+](=O)[O-])cc(Cl)c1Cl. The molecule has 0 aliphatic carbocycles. The van der Waals surface area contributed by atoms with Crippen LogP contribution in [0, 0.1) is 10.1 Å². The van der Waals surface area contributed by atoms with E-state index >= 15 is 0 Å². The first-order chi connectivity index (χ1) is 8.47. The van der Waals surface area contributed by atoms with Gasteiger partial charge in [-0.05, 0) is 6.42 Å². The van der Waals surface area contributed by atoms with Crippen molar-refractivity contribution in [3.63, 3.8) is 0 Å². The molecule has 18 heavy (non-hydrogen) atoms. The summed E-state index contributed by atoms with van der Waals surface area (Å²) in [6, 6.07) is 2.20. The molecule has 1 aromatic rings. The molecule has 96 valence electrons. The molecule has 1 aromatic carbocycles. The minimum Gasteiger partial charge on any atom is -0.352 e. The van der Waals surface area contributed by atoms with Crippen LogP contribution in [0.25, 0.3) is 0 Å². The number of hydrogen-bond donors (Lipinski definition) is 1. The number of halogens is 2. The van der Waals surface area contributed by atoms with Crippen LogP contribution in [0.4, 0.5) is 5.69 Å². The van der Waals surface area contributed by atoms with Crippen LogP contribution >= 0.6 is 23.2 Å². The predicted molar refractivity (Wildman–Crippen MR) is 70.3 cm³/mol. The molecule has 1 rings (SSSR count). The third-order valence-corrected chi connectivity index (χ3v) is 2.90. The molecule has 0 atom stereocenters. The Balaban J connectivity index is 3.03. The Bertz CT molecular complexity index is 503. The van der Waals surface area contributed by atoms with Gasteiger partial charge in [-0.25, -0.2) is 0 Å². The average Bonchev–Trinajstić information content (AvgIpc) is 2.32. The molecule has 0 bridgehead atoms. The number of hydrogen-bond acceptors (Lipinski definition) is 3. The molecule has 0 spiro atoms. The van der Waals surface area contributed by atoms with Crippen molar-refractivity contribution in [3.05, 3.63) is 50.5 Å². The van der Waals surface area contributed by atoms with E-state index in [0.717, 1.165) is 12.1 Å². The Labute approximate surface area is 114 Å². The lowest BCUT2D eigenvalue weighted by molar-refractivity contribution is -0.384. The molecular weight excluding hydrogens is 279 g/mol. The molecule has 0 aliphatic heterocycles. The Morgan fingerprint density at radius 3 is 2.72 bits per heavy atom. The molecule has 1 N–H and O–H groups in total. The second-order valence-electron chi connectivity index (χ2n) is 3.38. The van der Waals surface area contributed by atoms with Gasteiger partial charge in [0, 0.05) is 18.7 Å². The van der Waals surface area contributed by atoms with Crippen LogP contribution in [0.2, 0.25) is 10.0 Å². The van der Waals surface area contributed by atoms with Gasteiger partial charge in [0.1, 0.15) is 0 Å². The molecule has 0 radical (unpaired) electrons. The zero-order valence-corrected chi connectivity index (χ0v) is 10.8. The number of rotatable bonds is 5. The average molecular weight is 289 g/mol. The molecular formula is C11H10Cl2N2O3. The monoisotopic (exact) mass is 288 g/mol. The lowest BCUT2D eigenvalue weighted by Gasteiger charge is -2.06. The van der Waals surface area contributed by atoms with Gasteiger partial charge in [0.05, 0.1) is 20.5 Å². The fourth-order valence-corrected chi connectivity index (χ4v) is 1.64. The Morgan fingerprint density at radius 1 is 1.50 bits per heavy atom. The van der Waals surface area contributed by atoms with Crippen molar-refractivity contribution in [2.24, 2.45) is 0 Å². The van der Waals surface area contributed by atoms with E-state index in [1.54, 1.807) is 6.08 Å². The van der Waals surface area contributed by atoms with Crippen molar-refractivity contribution in [2.75, 3.05) is 6.54 Å². The molecule has 0 saturated carbocycles. The van der Waals surface area contributed by atoms with E-state index in [1.807, 2.05) is 0 Å². The molecule has 0 aromatic heterocycles. The third kappa shape index (κ3) is 3.45. The predicted octanol–water partition coefficient (Wildman–Crippen LogP) is 3.21. The van der Waals surface area contributed by atoms with Crippen LogP contribution in [0.15, 0.2) is 24.8 Å². The minimum absolute atomic E-state index is 0.00151. The lowest BCUT2D eigenvalue weighted by Crippen LogP contribution is -2.24. The first-order valence-electron chi connectivity index (χ1n) is 5.00. The van der Waals surface area contributed by atoms with Gasteiger partial charge < -0.3 is 5.32 Å². The summed E-state index contributed by atoms with van der Waals surface area (Å²) in [6.07, 6.45) is 2.23. The van der Waals surface area contributed by atoms with Crippen LogP contribution in [0.1, 0.15) is 16.8 Å². The number of nitro groups is 1. The van der Waals surface area contributed by atoms with E-state index in [1.165, 1.54) is 0 Å². The maximum Gasteiger partial charge on any atom is 0.271 e. The zero-order chi connectivity index (χ0) is 13.7. The first-order valence-corrected chi connectivity index (χ1v) is 5.75. The fraction of sp³-hybridized carbons (Fsp3) is 0.182. The highest BCUT2D eigenvalue weighted by atomic mass is 35.5. The maximum absolute atomic E-state index is 11.8. The molecule has 1 amide bonds. The summed E-state index contributed by atoms with van der Waals surface area (Å²) in [5, 5.41) is 13.2. The van der Waals surface area contributed by atoms with Gasteiger partial charge >= 0.3 is 0 Å². The highest BCUT2D eigenvalue weighted by molar-refractivity contribution is 6.44. The maximum atomic E-state index is 11.8. The normalized spacial score (nSPS) is 9.89. The van der Waals surface area contributed by atoms with Crippen LogP contribution in [0.3, 0.4) is 0 Å². The van der Waals surface area contributed by atoms with E-state index in [-0.39, 0.29) is 21.3 Å². The Morgan fingerprint density at radius 2 is 2.17 bits per heavy atom. The van der Waals surface area contributed by atoms with Crippen LogP contribution in [-0.4, -0.2) is 17.4 Å². The van der Waals surface area contributed by atoms with Gasteiger partial charge in [-0.2, -0.15) is 0 Å². The summed E-state index contributed by atoms with van der Waals surface area (Å²) in [5.74, 6) is -0.507. The number of carbonyl (C=O) groups excluding carboxylic acids is 1. The molecule has 0 saturated heterocycles. The fourth-order valence-electron chi connectivity index (χ4n) is 1.23. The van der Waals surface area contributed by atoms with Gasteiger partial charge in [0.15, 0.2) is 0 Å². The lowest BCUT2D eigenvalue weighted by atomic mass is 10.2. The van der Waals surface area contributed by atoms with Crippen LogP contribution in [0.5, 0.6) is 0 Å². The molecule has 0 fully saturated rings. The number of nitrogens with one attached hydrogen (secondary N) is 1. The number of amides is 1. The topological polar surface area (TPSA) is 72.2 Å². The molecule has 5 nitrogen and oxygen atoms in total. The standard InChI is InChI=1S/C11H10Cl2N2O3/c1-2-3-4-14-11(16)8-5-7(15(17)18)6-9(12)10(8)13/h2,5-6H,1,3-4H2,(H,14,16). The summed E-state index contributed by atoms with van der Waals surface area (Å²) in [5.41, 5.74) is -0.293. The van der Waals surface area contributed by atoms with Gasteiger partial charge in [-0.15, -0.1) is 6.58 Å². The van der Waals surface area contributed by atoms with E-state index in [0.29, 0.717) is 13.0 Å². The Hall–Kier alpha value is -1.59. The van der Waals surface area contributed by atoms with Crippen molar-refractivity contribution in [3.8, 4) is 0 Å². The quantitative estimate of drug-likeness (QED) is 0.391. The highest BCUT2D eigenvalue weighted by Crippen LogP contribution is 2.30. The smallest absolute Gasteiger partial charge is 0.271 e. The number of carbonyl (C=O) groups is 1. The zero-order valence-electron chi connectivity index (χ0n) is 9.28. The summed E-state index contributed by atoms with van der Waals surface area (Å²) < 4.78 is 0. The number of non-ortho nitro benzene ring substituents is 1. The van der Waals surface area contributed by atoms with Gasteiger partial charge in [0.2, 0.25) is 0 Å². The summed E-state index contributed by atoms with van der Waals surface area (Å²) in [7, 11) is 0. The van der Waals surface area contributed by atoms with Gasteiger partial charge in [-0.1, -0.05) is 29.3 Å². The largest absolute Gasteiger partial charge is 0.352 e. The van der Waals surface area contributed by atoms with E-state index in [9.17, 15) is 14.9 Å². The Kier molecular flexibility index (Phi) is 5.12. The second kappa shape index (κ2) is 6.37. The molecule has 0 aliphatic rings. The first kappa shape index (κ1) is 14.5. The molecule has 0 heterocycles. The van der Waals surface area contributed by atoms with Crippen LogP contribution in [-0.2, 0) is 0 Å². The third-order valence-electron chi connectivity index (χ3n) is 2.10. The number of nitrogens with zero attached hydrogens (tertiary/aromatic N) is 1. The van der Waals surface area contributed by atoms with Crippen molar-refractivity contribution >= 4 is 34.8 Å². The summed E-state index contributed by atoms with van der Waals surface area (Å²) >= 11 is 11.6. The molecule has 0 unspecified atom stereocenters. The van der Waals surface area contributed by atoms with Crippen molar-refractivity contribution in [1.82, 2.24) is 5.32 Å². The number of nitro benzene ring substituents is 1. The van der Waals surface area contributed by atoms with E-state index in [4.69, 9.17) is 23.2 Å². The summed E-state index contributed by atoms with van der Waals surface area (Å²) in [4.78, 5) is 21.8.